The molecule has 2 unspecified atom stereocenters. The quantitative estimate of drug-likeness (QED) is 0.844. The van der Waals surface area contributed by atoms with Gasteiger partial charge in [0.05, 0.1) is 0 Å². The minimum atomic E-state index is -0.574. The van der Waals surface area contributed by atoms with E-state index in [0.29, 0.717) is 24.4 Å². The lowest BCUT2D eigenvalue weighted by molar-refractivity contribution is -0.136. The minimum absolute atomic E-state index is 0.146. The molecule has 1 aromatic rings. The highest BCUT2D eigenvalue weighted by atomic mass is 16.5. The predicted octanol–water partition coefficient (Wildman–Crippen LogP) is 2.41. The Bertz CT molecular complexity index is 760. The maximum absolute atomic E-state index is 12.7. The van der Waals surface area contributed by atoms with Crippen LogP contribution in [-0.2, 0) is 16.1 Å². The van der Waals surface area contributed by atoms with Crippen LogP contribution in [0.3, 0.4) is 0 Å². The summed E-state index contributed by atoms with van der Waals surface area (Å²) in [6, 6.07) is 5.01. The molecule has 6 nitrogen and oxygen atoms in total. The number of ether oxygens (including phenoxy) is 1. The molecule has 3 atom stereocenters. The number of nitrogens with one attached hydrogen (secondary N) is 1. The number of hydrogen-bond donors (Lipinski definition) is 1. The smallest absolute Gasteiger partial charge is 0.255 e. The standard InChI is InChI=1S/C20H24N2O4/c1-12-4-2-3-5-17(12)26-14-6-7-15-13(10-14)11-22(20(15)25)16-8-9-18(23)21-19(16)24/h6-7,10,12,16-17H,2-5,8-9,11H2,1H3,(H,21,23,24)/t12?,16?,17-/m0/s1. The van der Waals surface area contributed by atoms with E-state index in [1.807, 2.05) is 12.1 Å². The Morgan fingerprint density at radius 2 is 1.92 bits per heavy atom. The fourth-order valence-electron chi connectivity index (χ4n) is 4.26. The Labute approximate surface area is 152 Å². The van der Waals surface area contributed by atoms with Gasteiger partial charge in [0.15, 0.2) is 0 Å². The van der Waals surface area contributed by atoms with E-state index in [1.54, 1.807) is 11.0 Å². The Balaban J connectivity index is 1.49. The highest BCUT2D eigenvalue weighted by Gasteiger charge is 2.39. The Hall–Kier alpha value is -2.37. The van der Waals surface area contributed by atoms with Crippen LogP contribution in [0.25, 0.3) is 0 Å². The summed E-state index contributed by atoms with van der Waals surface area (Å²) in [5.74, 6) is 0.536. The van der Waals surface area contributed by atoms with Crippen molar-refractivity contribution in [3.8, 4) is 5.75 Å². The third-order valence-corrected chi connectivity index (χ3v) is 5.82. The van der Waals surface area contributed by atoms with Gasteiger partial charge in [0, 0.05) is 18.5 Å². The van der Waals surface area contributed by atoms with Crippen LogP contribution >= 0.6 is 0 Å². The third-order valence-electron chi connectivity index (χ3n) is 5.82. The van der Waals surface area contributed by atoms with Crippen LogP contribution in [0.5, 0.6) is 5.75 Å². The minimum Gasteiger partial charge on any atom is -0.490 e. The number of imide groups is 1. The molecule has 26 heavy (non-hydrogen) atoms. The summed E-state index contributed by atoms with van der Waals surface area (Å²) in [6.45, 7) is 2.61. The van der Waals surface area contributed by atoms with Crippen molar-refractivity contribution >= 4 is 17.7 Å². The van der Waals surface area contributed by atoms with Crippen LogP contribution < -0.4 is 10.1 Å². The SMILES string of the molecule is CC1CCCC[C@@H]1Oc1ccc2c(c1)CN(C1CCC(=O)NC1=O)C2=O. The first-order valence-corrected chi connectivity index (χ1v) is 9.47. The van der Waals surface area contributed by atoms with Gasteiger partial charge in [-0.05, 0) is 55.4 Å². The molecule has 0 radical (unpaired) electrons. The Morgan fingerprint density at radius 3 is 2.69 bits per heavy atom. The molecule has 0 bridgehead atoms. The van der Waals surface area contributed by atoms with Gasteiger partial charge in [-0.25, -0.2) is 0 Å². The summed E-state index contributed by atoms with van der Waals surface area (Å²) in [7, 11) is 0. The predicted molar refractivity (Wildman–Crippen MR) is 94.5 cm³/mol. The first kappa shape index (κ1) is 17.1. The number of nitrogens with zero attached hydrogens (tertiary/aromatic N) is 1. The van der Waals surface area contributed by atoms with E-state index in [0.717, 1.165) is 17.7 Å². The number of piperidine rings is 1. The Morgan fingerprint density at radius 1 is 1.12 bits per heavy atom. The van der Waals surface area contributed by atoms with Crippen LogP contribution in [-0.4, -0.2) is 34.8 Å². The average Bonchev–Trinajstić information content (AvgIpc) is 2.93. The molecule has 1 aromatic carbocycles. The van der Waals surface area contributed by atoms with Gasteiger partial charge in [-0.1, -0.05) is 13.3 Å². The van der Waals surface area contributed by atoms with Gasteiger partial charge in [0.25, 0.3) is 5.91 Å². The van der Waals surface area contributed by atoms with Gasteiger partial charge < -0.3 is 9.64 Å². The van der Waals surface area contributed by atoms with Crippen molar-refractivity contribution in [3.63, 3.8) is 0 Å². The number of amides is 3. The van der Waals surface area contributed by atoms with E-state index < -0.39 is 6.04 Å². The molecule has 3 amide bonds. The van der Waals surface area contributed by atoms with Crippen molar-refractivity contribution < 1.29 is 19.1 Å². The van der Waals surface area contributed by atoms with Crippen molar-refractivity contribution in [1.29, 1.82) is 0 Å². The zero-order chi connectivity index (χ0) is 18.3. The normalized spacial score (nSPS) is 28.7. The molecular weight excluding hydrogens is 332 g/mol. The van der Waals surface area contributed by atoms with Gasteiger partial charge in [-0.15, -0.1) is 0 Å². The zero-order valence-electron chi connectivity index (χ0n) is 15.0. The second-order valence-corrected chi connectivity index (χ2v) is 7.64. The second kappa shape index (κ2) is 6.74. The van der Waals surface area contributed by atoms with E-state index in [2.05, 4.69) is 12.2 Å². The molecule has 6 heteroatoms. The first-order chi connectivity index (χ1) is 12.5. The lowest BCUT2D eigenvalue weighted by atomic mass is 9.88. The molecule has 0 aromatic heterocycles. The van der Waals surface area contributed by atoms with E-state index in [1.165, 1.54) is 19.3 Å². The van der Waals surface area contributed by atoms with Gasteiger partial charge in [-0.3, -0.25) is 19.7 Å². The Kier molecular flexibility index (Phi) is 4.42. The average molecular weight is 356 g/mol. The first-order valence-electron chi connectivity index (χ1n) is 9.47. The highest BCUT2D eigenvalue weighted by molar-refractivity contribution is 6.05. The van der Waals surface area contributed by atoms with Crippen molar-refractivity contribution in [1.82, 2.24) is 10.2 Å². The van der Waals surface area contributed by atoms with Crippen LogP contribution in [0.1, 0.15) is 61.4 Å². The van der Waals surface area contributed by atoms with Crippen LogP contribution in [0, 0.1) is 5.92 Å². The summed E-state index contributed by atoms with van der Waals surface area (Å²) < 4.78 is 6.19. The number of fused-ring (bicyclic) bond motifs is 1. The maximum Gasteiger partial charge on any atom is 0.255 e. The maximum atomic E-state index is 12.7. The molecule has 138 valence electrons. The molecule has 2 aliphatic heterocycles. The molecule has 4 rings (SSSR count). The highest BCUT2D eigenvalue weighted by Crippen LogP contribution is 2.32. The molecule has 1 N–H and O–H groups in total. The van der Waals surface area contributed by atoms with Crippen LogP contribution in [0.15, 0.2) is 18.2 Å². The number of benzene rings is 1. The summed E-state index contributed by atoms with van der Waals surface area (Å²) in [6.07, 6.45) is 5.60. The van der Waals surface area contributed by atoms with E-state index >= 15 is 0 Å². The van der Waals surface area contributed by atoms with Gasteiger partial charge in [-0.2, -0.15) is 0 Å². The fraction of sp³-hybridized carbons (Fsp3) is 0.550. The number of carbonyl (C=O) groups excluding carboxylic acids is 3. The molecule has 1 aliphatic carbocycles. The van der Waals surface area contributed by atoms with Crippen molar-refractivity contribution in [2.45, 2.75) is 64.1 Å². The fourth-order valence-corrected chi connectivity index (χ4v) is 4.26. The summed E-state index contributed by atoms with van der Waals surface area (Å²) >= 11 is 0. The monoisotopic (exact) mass is 356 g/mol. The summed E-state index contributed by atoms with van der Waals surface area (Å²) in [5, 5.41) is 2.33. The lowest BCUT2D eigenvalue weighted by Crippen LogP contribution is -2.52. The summed E-state index contributed by atoms with van der Waals surface area (Å²) in [4.78, 5) is 37.7. The molecule has 0 spiro atoms. The molecular formula is C20H24N2O4. The zero-order valence-corrected chi connectivity index (χ0v) is 15.0. The molecule has 1 saturated heterocycles. The van der Waals surface area contributed by atoms with Crippen molar-refractivity contribution in [3.05, 3.63) is 29.3 Å². The summed E-state index contributed by atoms with van der Waals surface area (Å²) in [5.41, 5.74) is 1.51. The number of rotatable bonds is 3. The number of carbonyl (C=O) groups is 3. The van der Waals surface area contributed by atoms with E-state index in [9.17, 15) is 14.4 Å². The van der Waals surface area contributed by atoms with Crippen LogP contribution in [0.2, 0.25) is 0 Å². The van der Waals surface area contributed by atoms with Gasteiger partial charge >= 0.3 is 0 Å². The van der Waals surface area contributed by atoms with E-state index in [-0.39, 0.29) is 30.2 Å². The van der Waals surface area contributed by atoms with Gasteiger partial charge in [0.1, 0.15) is 17.9 Å². The molecule has 2 fully saturated rings. The third kappa shape index (κ3) is 3.08. The van der Waals surface area contributed by atoms with Crippen LogP contribution in [0.4, 0.5) is 0 Å². The second-order valence-electron chi connectivity index (χ2n) is 7.64. The molecule has 1 saturated carbocycles. The van der Waals surface area contributed by atoms with Crippen molar-refractivity contribution in [2.24, 2.45) is 5.92 Å². The largest absolute Gasteiger partial charge is 0.490 e. The van der Waals surface area contributed by atoms with Gasteiger partial charge in [0.2, 0.25) is 11.8 Å². The number of hydrogen-bond acceptors (Lipinski definition) is 4. The van der Waals surface area contributed by atoms with E-state index in [4.69, 9.17) is 4.74 Å². The molecule has 2 heterocycles. The van der Waals surface area contributed by atoms with Crippen molar-refractivity contribution in [2.75, 3.05) is 0 Å². The lowest BCUT2D eigenvalue weighted by Gasteiger charge is -2.29. The topological polar surface area (TPSA) is 75.7 Å². The molecule has 3 aliphatic rings.